The molecule has 3 N–H and O–H groups in total. The summed E-state index contributed by atoms with van der Waals surface area (Å²) >= 11 is 0. The molecule has 6 atom stereocenters. The average molecular weight is 1040 g/mol. The Labute approximate surface area is 445 Å². The fraction of sp³-hybridized carbons (Fsp3) is 0.869. The van der Waals surface area contributed by atoms with E-state index in [0.717, 1.165) is 83.5 Å². The number of rotatable bonds is 52. The maximum absolute atomic E-state index is 13.1. The van der Waals surface area contributed by atoms with Gasteiger partial charge >= 0.3 is 23.9 Å². The third-order valence-corrected chi connectivity index (χ3v) is 14.0. The van der Waals surface area contributed by atoms with Crippen molar-refractivity contribution < 1.29 is 58.2 Å². The zero-order valence-electron chi connectivity index (χ0n) is 46.9. The molecule has 1 aliphatic heterocycles. The summed E-state index contributed by atoms with van der Waals surface area (Å²) in [6, 6.07) is 0. The number of hydrogen-bond donors (Lipinski definition) is 3. The van der Waals surface area contributed by atoms with Gasteiger partial charge in [-0.2, -0.15) is 0 Å². The van der Waals surface area contributed by atoms with Gasteiger partial charge in [0.05, 0.1) is 6.61 Å². The van der Waals surface area contributed by atoms with Crippen LogP contribution in [0.1, 0.15) is 290 Å². The SMILES string of the molecule is CCCCCCCC/C=C\CCCCCCCCCCCC(=O)OCC(COC1OC(C(=O)O)C(O)C(O)C1OC(=O)CCCCCCCCCCC)OC(=O)CCCCCCC/C=C\CCCCCCCC. The van der Waals surface area contributed by atoms with Gasteiger partial charge in [0.15, 0.2) is 24.6 Å². The Bertz CT molecular complexity index is 1370. The highest BCUT2D eigenvalue weighted by Gasteiger charge is 2.50. The largest absolute Gasteiger partial charge is 0.479 e. The molecule has 1 heterocycles. The molecule has 12 heteroatoms. The Balaban J connectivity index is 2.64. The number of carboxylic acid groups (broad SMARTS) is 1. The molecule has 1 aliphatic rings. The highest BCUT2D eigenvalue weighted by molar-refractivity contribution is 5.74. The van der Waals surface area contributed by atoms with Crippen LogP contribution >= 0.6 is 0 Å². The lowest BCUT2D eigenvalue weighted by Crippen LogP contribution is -2.61. The Morgan fingerprint density at radius 1 is 0.438 bits per heavy atom. The summed E-state index contributed by atoms with van der Waals surface area (Å²) in [7, 11) is 0. The third kappa shape index (κ3) is 40.2. The minimum atomic E-state index is -1.90. The number of esters is 3. The first-order chi connectivity index (χ1) is 35.6. The number of carbonyl (C=O) groups is 4. The van der Waals surface area contributed by atoms with E-state index in [2.05, 4.69) is 45.1 Å². The van der Waals surface area contributed by atoms with Gasteiger partial charge < -0.3 is 39.0 Å². The number of hydrogen-bond acceptors (Lipinski definition) is 11. The van der Waals surface area contributed by atoms with E-state index in [0.29, 0.717) is 19.3 Å². The van der Waals surface area contributed by atoms with E-state index >= 15 is 0 Å². The summed E-state index contributed by atoms with van der Waals surface area (Å²) in [5.74, 6) is -3.11. The number of carboxylic acids is 1. The van der Waals surface area contributed by atoms with Crippen LogP contribution < -0.4 is 0 Å². The molecule has 0 spiro atoms. The van der Waals surface area contributed by atoms with Crippen molar-refractivity contribution in [2.24, 2.45) is 0 Å². The monoisotopic (exact) mass is 1030 g/mol. The maximum Gasteiger partial charge on any atom is 0.335 e. The number of allylic oxidation sites excluding steroid dienone is 4. The van der Waals surface area contributed by atoms with Gasteiger partial charge in [-0.25, -0.2) is 4.79 Å². The van der Waals surface area contributed by atoms with Crippen molar-refractivity contribution in [2.75, 3.05) is 13.2 Å². The predicted molar refractivity (Wildman–Crippen MR) is 294 cm³/mol. The van der Waals surface area contributed by atoms with Gasteiger partial charge in [-0.3, -0.25) is 14.4 Å². The van der Waals surface area contributed by atoms with Gasteiger partial charge in [0.25, 0.3) is 0 Å². The highest BCUT2D eigenvalue weighted by Crippen LogP contribution is 2.27. The lowest BCUT2D eigenvalue weighted by atomic mass is 9.98. The Morgan fingerprint density at radius 2 is 0.781 bits per heavy atom. The summed E-state index contributed by atoms with van der Waals surface area (Å²) in [6.07, 6.45) is 44.5. The third-order valence-electron chi connectivity index (χ3n) is 14.0. The van der Waals surface area contributed by atoms with Crippen molar-refractivity contribution >= 4 is 23.9 Å². The smallest absolute Gasteiger partial charge is 0.335 e. The summed E-state index contributed by atoms with van der Waals surface area (Å²) in [5, 5.41) is 31.4. The van der Waals surface area contributed by atoms with E-state index in [1.165, 1.54) is 148 Å². The average Bonchev–Trinajstić information content (AvgIpc) is 3.37. The lowest BCUT2D eigenvalue weighted by molar-refractivity contribution is -0.301. The van der Waals surface area contributed by atoms with Crippen molar-refractivity contribution in [3.63, 3.8) is 0 Å². The molecule has 1 saturated heterocycles. The number of unbranched alkanes of at least 4 members (excludes halogenated alkanes) is 34. The van der Waals surface area contributed by atoms with Gasteiger partial charge in [0.1, 0.15) is 18.8 Å². The van der Waals surface area contributed by atoms with Crippen LogP contribution in [-0.4, -0.2) is 89.2 Å². The molecule has 73 heavy (non-hydrogen) atoms. The first-order valence-corrected chi connectivity index (χ1v) is 30.3. The molecular weight excluding hydrogens is 925 g/mol. The van der Waals surface area contributed by atoms with Crippen LogP contribution in [0.25, 0.3) is 0 Å². The number of aliphatic hydroxyl groups excluding tert-OH is 2. The summed E-state index contributed by atoms with van der Waals surface area (Å²) < 4.78 is 28.4. The molecule has 0 bridgehead atoms. The van der Waals surface area contributed by atoms with E-state index in [9.17, 15) is 34.5 Å². The molecule has 0 amide bonds. The second-order valence-electron chi connectivity index (χ2n) is 21.0. The van der Waals surface area contributed by atoms with Crippen molar-refractivity contribution in [1.82, 2.24) is 0 Å². The first kappa shape index (κ1) is 68.2. The number of carbonyl (C=O) groups excluding carboxylic acids is 3. The highest BCUT2D eigenvalue weighted by atomic mass is 16.7. The van der Waals surface area contributed by atoms with Crippen LogP contribution in [0.4, 0.5) is 0 Å². The van der Waals surface area contributed by atoms with Gasteiger partial charge in [-0.15, -0.1) is 0 Å². The van der Waals surface area contributed by atoms with Crippen LogP contribution in [0.3, 0.4) is 0 Å². The van der Waals surface area contributed by atoms with Gasteiger partial charge in [-0.05, 0) is 70.6 Å². The second-order valence-corrected chi connectivity index (χ2v) is 21.0. The van der Waals surface area contributed by atoms with Crippen molar-refractivity contribution in [2.45, 2.75) is 327 Å². The fourth-order valence-corrected chi connectivity index (χ4v) is 9.30. The summed E-state index contributed by atoms with van der Waals surface area (Å²) in [6.45, 7) is 5.97. The Hall–Kier alpha value is -2.80. The Morgan fingerprint density at radius 3 is 1.16 bits per heavy atom. The molecule has 0 radical (unpaired) electrons. The molecule has 0 aromatic carbocycles. The van der Waals surface area contributed by atoms with Crippen molar-refractivity contribution in [3.8, 4) is 0 Å². The van der Waals surface area contributed by atoms with E-state index < -0.39 is 67.3 Å². The molecule has 0 aliphatic carbocycles. The number of ether oxygens (including phenoxy) is 5. The van der Waals surface area contributed by atoms with Crippen LogP contribution in [0, 0.1) is 0 Å². The molecule has 0 saturated carbocycles. The standard InChI is InChI=1S/C61H110O12/c1-4-7-10-13-16-19-21-23-25-26-27-28-30-31-33-36-38-41-44-47-53(62)69-50-52(71-54(63)48-45-42-40-37-34-32-29-24-22-20-17-14-11-8-5-2)51-70-61-59(57(66)56(65)58(73-61)60(67)68)72-55(64)49-46-43-39-35-18-15-12-9-6-3/h23-25,29,52,56-59,61,65-66H,4-22,26-28,30-51H2,1-3H3,(H,67,68)/b25-23-,29-24-. The first-order valence-electron chi connectivity index (χ1n) is 30.3. The summed E-state index contributed by atoms with van der Waals surface area (Å²) in [5.41, 5.74) is 0. The van der Waals surface area contributed by atoms with E-state index in [4.69, 9.17) is 23.7 Å². The normalized spacial score (nSPS) is 18.4. The van der Waals surface area contributed by atoms with Gasteiger partial charge in [-0.1, -0.05) is 225 Å². The molecule has 0 aromatic rings. The molecule has 426 valence electrons. The molecular formula is C61H110O12. The maximum atomic E-state index is 13.1. The van der Waals surface area contributed by atoms with Crippen molar-refractivity contribution in [1.29, 1.82) is 0 Å². The predicted octanol–water partition coefficient (Wildman–Crippen LogP) is 15.5. The molecule has 0 aromatic heterocycles. The van der Waals surface area contributed by atoms with E-state index in [1.54, 1.807) is 0 Å². The van der Waals surface area contributed by atoms with Gasteiger partial charge in [0.2, 0.25) is 0 Å². The van der Waals surface area contributed by atoms with Crippen LogP contribution in [0.15, 0.2) is 24.3 Å². The zero-order valence-corrected chi connectivity index (χ0v) is 46.9. The molecule has 1 rings (SSSR count). The van der Waals surface area contributed by atoms with E-state index in [1.807, 2.05) is 0 Å². The van der Waals surface area contributed by atoms with Gasteiger partial charge in [0, 0.05) is 19.3 Å². The molecule has 1 fully saturated rings. The van der Waals surface area contributed by atoms with Crippen molar-refractivity contribution in [3.05, 3.63) is 24.3 Å². The number of aliphatic hydroxyl groups is 2. The summed E-state index contributed by atoms with van der Waals surface area (Å²) in [4.78, 5) is 51.0. The number of aliphatic carboxylic acids is 1. The van der Waals surface area contributed by atoms with Crippen LogP contribution in [0.2, 0.25) is 0 Å². The zero-order chi connectivity index (χ0) is 53.3. The minimum absolute atomic E-state index is 0.0639. The molecule has 6 unspecified atom stereocenters. The van der Waals surface area contributed by atoms with Crippen LogP contribution in [-0.2, 0) is 42.9 Å². The lowest BCUT2D eigenvalue weighted by Gasteiger charge is -2.40. The quantitative estimate of drug-likeness (QED) is 0.0228. The Kier molecular flexibility index (Phi) is 46.8. The van der Waals surface area contributed by atoms with Crippen LogP contribution in [0.5, 0.6) is 0 Å². The fourth-order valence-electron chi connectivity index (χ4n) is 9.30. The minimum Gasteiger partial charge on any atom is -0.479 e. The second kappa shape index (κ2) is 50.0. The molecule has 12 nitrogen and oxygen atoms in total. The van der Waals surface area contributed by atoms with E-state index in [-0.39, 0.29) is 25.9 Å². The topological polar surface area (TPSA) is 175 Å².